The van der Waals surface area contributed by atoms with Crippen molar-refractivity contribution in [3.05, 3.63) is 29.8 Å². The molecule has 0 aliphatic heterocycles. The van der Waals surface area contributed by atoms with Crippen LogP contribution in [0.4, 0.5) is 0 Å². The van der Waals surface area contributed by atoms with E-state index < -0.39 is 117 Å². The fourth-order valence-electron chi connectivity index (χ4n) is 4.98. The average molecular weight is 687 g/mol. The van der Waals surface area contributed by atoms with Crippen molar-refractivity contribution in [1.82, 2.24) is 21.3 Å². The third-order valence-electron chi connectivity index (χ3n) is 7.70. The first-order chi connectivity index (χ1) is 21.9. The normalized spacial score (nSPS) is 19.6. The summed E-state index contributed by atoms with van der Waals surface area (Å²) < 4.78 is 15.6. The van der Waals surface area contributed by atoms with Gasteiger partial charge in [-0.15, -0.1) is 0 Å². The third kappa shape index (κ3) is 11.6. The first-order valence-electron chi connectivity index (χ1n) is 14.5. The summed E-state index contributed by atoms with van der Waals surface area (Å²) in [7, 11) is -3.50. The zero-order valence-corrected chi connectivity index (χ0v) is 26.6. The highest BCUT2D eigenvalue weighted by Crippen LogP contribution is 2.54. The Balaban J connectivity index is 2.30. The van der Waals surface area contributed by atoms with Crippen molar-refractivity contribution in [2.24, 2.45) is 17.8 Å². The van der Waals surface area contributed by atoms with Gasteiger partial charge in [0.2, 0.25) is 23.6 Å². The van der Waals surface area contributed by atoms with Crippen molar-refractivity contribution in [1.29, 1.82) is 0 Å². The molecule has 1 aromatic rings. The number of carbonyl (C=O) groups excluding carboxylic acids is 4. The van der Waals surface area contributed by atoms with Crippen LogP contribution in [0.1, 0.15) is 57.4 Å². The van der Waals surface area contributed by atoms with Gasteiger partial charge in [-0.2, -0.15) is 0 Å². The van der Waals surface area contributed by atoms with Gasteiger partial charge in [-0.05, 0) is 36.5 Å². The SMILES string of the molecule is CCC(C)[C@H](NC(=O)[C@H](CCC(=O)O)NC(=O)[C@H](CCC(=O)O)NC(=O)[C@@H]1C(c2ccc(OP(=O)(O)O)cc2)[C@H]1C(=O)NC)C(=O)O. The first-order valence-corrected chi connectivity index (χ1v) is 16.1. The maximum atomic E-state index is 13.4. The Hall–Kier alpha value is -4.54. The predicted octanol–water partition coefficient (Wildman–Crippen LogP) is -0.452. The van der Waals surface area contributed by atoms with Gasteiger partial charge in [0.15, 0.2) is 0 Å². The number of amides is 4. The Morgan fingerprint density at radius 1 is 0.809 bits per heavy atom. The summed E-state index contributed by atoms with van der Waals surface area (Å²) in [6.07, 6.45) is -1.74. The van der Waals surface area contributed by atoms with Crippen molar-refractivity contribution in [2.75, 3.05) is 7.05 Å². The Morgan fingerprint density at radius 2 is 1.30 bits per heavy atom. The maximum absolute atomic E-state index is 13.4. The summed E-state index contributed by atoms with van der Waals surface area (Å²) in [4.78, 5) is 105. The fourth-order valence-corrected chi connectivity index (χ4v) is 5.38. The van der Waals surface area contributed by atoms with Gasteiger partial charge in [0.1, 0.15) is 23.9 Å². The molecule has 1 aliphatic carbocycles. The van der Waals surface area contributed by atoms with E-state index in [4.69, 9.17) is 14.9 Å². The van der Waals surface area contributed by atoms with Crippen LogP contribution in [0.15, 0.2) is 24.3 Å². The minimum atomic E-state index is -4.84. The number of benzene rings is 1. The molecule has 1 aromatic carbocycles. The smallest absolute Gasteiger partial charge is 0.481 e. The van der Waals surface area contributed by atoms with E-state index in [1.165, 1.54) is 31.3 Å². The minimum absolute atomic E-state index is 0.175. The van der Waals surface area contributed by atoms with Gasteiger partial charge in [-0.1, -0.05) is 32.4 Å². The molecule has 18 nitrogen and oxygen atoms in total. The summed E-state index contributed by atoms with van der Waals surface area (Å²) in [6.45, 7) is 3.27. The molecule has 0 radical (unpaired) electrons. The number of hydrogen-bond donors (Lipinski definition) is 9. The lowest BCUT2D eigenvalue weighted by Gasteiger charge is -2.26. The lowest BCUT2D eigenvalue weighted by Crippen LogP contribution is -2.57. The van der Waals surface area contributed by atoms with Crippen LogP contribution in [0.25, 0.3) is 0 Å². The largest absolute Gasteiger partial charge is 0.524 e. The molecule has 1 saturated carbocycles. The predicted molar refractivity (Wildman–Crippen MR) is 160 cm³/mol. The monoisotopic (exact) mass is 686 g/mol. The average Bonchev–Trinajstić information content (AvgIpc) is 3.74. The number of aliphatic carboxylic acids is 3. The van der Waals surface area contributed by atoms with Crippen LogP contribution in [0.5, 0.6) is 5.75 Å². The van der Waals surface area contributed by atoms with Gasteiger partial charge in [-0.25, -0.2) is 9.36 Å². The van der Waals surface area contributed by atoms with Crippen molar-refractivity contribution in [3.63, 3.8) is 0 Å². The van der Waals surface area contributed by atoms with E-state index in [2.05, 4.69) is 25.8 Å². The second-order valence-electron chi connectivity index (χ2n) is 11.0. The highest BCUT2D eigenvalue weighted by Gasteiger charge is 2.59. The summed E-state index contributed by atoms with van der Waals surface area (Å²) in [6, 6.07) is 0.759. The Bertz CT molecular complexity index is 1400. The lowest BCUT2D eigenvalue weighted by molar-refractivity contribution is -0.144. The Labute approximate surface area is 268 Å². The Morgan fingerprint density at radius 3 is 1.74 bits per heavy atom. The number of carbonyl (C=O) groups is 7. The molecular formula is C28H39N4O14P. The van der Waals surface area contributed by atoms with E-state index in [1.54, 1.807) is 13.8 Å². The van der Waals surface area contributed by atoms with Crippen molar-refractivity contribution in [2.45, 2.75) is 70.0 Å². The van der Waals surface area contributed by atoms with Gasteiger partial charge >= 0.3 is 25.7 Å². The second kappa shape index (κ2) is 16.9. The standard InChI is InChI=1S/C28H39N4O14P/c1-4-13(2)23(28(41)42)32-25(38)17(10-12-19(35)36)30-24(37)16(9-11-18(33)34)31-27(40)22-20(21(22)26(39)29-3)14-5-7-15(8-6-14)46-47(43,44)45/h5-8,13,16-17,20-23H,4,9-12H2,1-3H3,(H,29,39)(H,30,37)(H,31,40)(H,32,38)(H,33,34)(H,35,36)(H,41,42)(H2,43,44,45)/t13?,16-,17-,20?,21+,22+,23-/m0/s1. The van der Waals surface area contributed by atoms with Gasteiger partial charge in [0.05, 0.1) is 11.8 Å². The van der Waals surface area contributed by atoms with E-state index in [9.17, 15) is 48.3 Å². The number of phosphoric ester groups is 1. The van der Waals surface area contributed by atoms with Crippen LogP contribution in [0.2, 0.25) is 0 Å². The van der Waals surface area contributed by atoms with Gasteiger partial charge in [-0.3, -0.25) is 38.6 Å². The van der Waals surface area contributed by atoms with E-state index in [1.807, 2.05) is 0 Å². The van der Waals surface area contributed by atoms with Crippen LogP contribution in [-0.4, -0.2) is 91.8 Å². The number of carboxylic acid groups (broad SMARTS) is 3. The lowest BCUT2D eigenvalue weighted by atomic mass is 9.98. The first kappa shape index (κ1) is 38.6. The molecule has 2 rings (SSSR count). The molecule has 1 aliphatic rings. The molecule has 1 fully saturated rings. The van der Waals surface area contributed by atoms with Crippen LogP contribution >= 0.6 is 7.82 Å². The molecular weight excluding hydrogens is 647 g/mol. The molecule has 0 bridgehead atoms. The fraction of sp³-hybridized carbons (Fsp3) is 0.536. The van der Waals surface area contributed by atoms with E-state index >= 15 is 0 Å². The van der Waals surface area contributed by atoms with Crippen molar-refractivity contribution < 1.29 is 67.8 Å². The Kier molecular flexibility index (Phi) is 13.9. The molecule has 0 saturated heterocycles. The molecule has 4 amide bonds. The summed E-state index contributed by atoms with van der Waals surface area (Å²) in [5.74, 6) is -10.8. The van der Waals surface area contributed by atoms with E-state index in [-0.39, 0.29) is 5.75 Å². The summed E-state index contributed by atoms with van der Waals surface area (Å²) in [5, 5.41) is 37.4. The van der Waals surface area contributed by atoms with Crippen LogP contribution < -0.4 is 25.8 Å². The van der Waals surface area contributed by atoms with Gasteiger partial charge in [0.25, 0.3) is 0 Å². The van der Waals surface area contributed by atoms with E-state index in [0.717, 1.165) is 0 Å². The number of phosphoric acid groups is 1. The molecule has 7 atom stereocenters. The third-order valence-corrected chi connectivity index (χ3v) is 8.15. The van der Waals surface area contributed by atoms with Crippen molar-refractivity contribution in [3.8, 4) is 5.75 Å². The molecule has 0 aromatic heterocycles. The zero-order chi connectivity index (χ0) is 35.6. The molecule has 19 heteroatoms. The van der Waals surface area contributed by atoms with Crippen molar-refractivity contribution >= 4 is 49.4 Å². The van der Waals surface area contributed by atoms with E-state index in [0.29, 0.717) is 12.0 Å². The van der Waals surface area contributed by atoms with Gasteiger partial charge in [0, 0.05) is 25.8 Å². The maximum Gasteiger partial charge on any atom is 0.524 e. The number of rotatable bonds is 19. The summed E-state index contributed by atoms with van der Waals surface area (Å²) in [5.41, 5.74) is 0.419. The molecule has 2 unspecified atom stereocenters. The number of hydrogen-bond acceptors (Lipinski definition) is 9. The molecule has 47 heavy (non-hydrogen) atoms. The summed E-state index contributed by atoms with van der Waals surface area (Å²) >= 11 is 0. The molecule has 0 heterocycles. The number of carboxylic acids is 3. The quantitative estimate of drug-likeness (QED) is 0.0833. The topological polar surface area (TPSA) is 295 Å². The highest BCUT2D eigenvalue weighted by atomic mass is 31.2. The minimum Gasteiger partial charge on any atom is -0.481 e. The molecule has 260 valence electrons. The molecule has 9 N–H and O–H groups in total. The van der Waals surface area contributed by atoms with Gasteiger partial charge < -0.3 is 41.1 Å². The number of nitrogens with one attached hydrogen (secondary N) is 4. The van der Waals surface area contributed by atoms with Crippen LogP contribution in [0, 0.1) is 17.8 Å². The van der Waals surface area contributed by atoms with Crippen LogP contribution in [-0.2, 0) is 38.1 Å². The molecule has 0 spiro atoms. The van der Waals surface area contributed by atoms with Crippen LogP contribution in [0.3, 0.4) is 0 Å². The zero-order valence-electron chi connectivity index (χ0n) is 25.7. The second-order valence-corrected chi connectivity index (χ2v) is 12.2. The highest BCUT2D eigenvalue weighted by molar-refractivity contribution is 7.46.